The van der Waals surface area contributed by atoms with Crippen molar-refractivity contribution in [2.45, 2.75) is 12.8 Å². The molecule has 2 heterocycles. The Morgan fingerprint density at radius 1 is 0.893 bits per heavy atom. The van der Waals surface area contributed by atoms with Gasteiger partial charge in [0.2, 0.25) is 5.91 Å². The third-order valence-corrected chi connectivity index (χ3v) is 5.14. The summed E-state index contributed by atoms with van der Waals surface area (Å²) >= 11 is 0. The minimum absolute atomic E-state index is 0.0173. The summed E-state index contributed by atoms with van der Waals surface area (Å²) in [6, 6.07) is 21.0. The minimum Gasteiger partial charge on any atom is -0.338 e. The van der Waals surface area contributed by atoms with E-state index in [4.69, 9.17) is 0 Å². The van der Waals surface area contributed by atoms with Gasteiger partial charge < -0.3 is 14.8 Å². The number of carbonyl (C=O) groups is 2. The van der Waals surface area contributed by atoms with Crippen molar-refractivity contribution < 1.29 is 9.59 Å². The van der Waals surface area contributed by atoms with Crippen molar-refractivity contribution in [3.8, 4) is 5.69 Å². The van der Waals surface area contributed by atoms with Crippen molar-refractivity contribution in [2.24, 2.45) is 5.92 Å². The number of nitrogens with one attached hydrogen (secondary N) is 1. The lowest BCUT2D eigenvalue weighted by Gasteiger charge is -2.32. The van der Waals surface area contributed by atoms with Gasteiger partial charge in [-0.25, -0.2) is 0 Å². The number of hydrogen-bond acceptors (Lipinski definition) is 2. The normalized spacial score (nSPS) is 16.6. The van der Waals surface area contributed by atoms with Crippen molar-refractivity contribution in [3.63, 3.8) is 0 Å². The van der Waals surface area contributed by atoms with E-state index < -0.39 is 0 Å². The Labute approximate surface area is 164 Å². The van der Waals surface area contributed by atoms with E-state index >= 15 is 0 Å². The fraction of sp³-hybridized carbons (Fsp3) is 0.217. The highest BCUT2D eigenvalue weighted by atomic mass is 16.2. The lowest BCUT2D eigenvalue weighted by Crippen LogP contribution is -2.43. The van der Waals surface area contributed by atoms with E-state index in [0.29, 0.717) is 18.7 Å². The highest BCUT2D eigenvalue weighted by molar-refractivity contribution is 5.96. The number of likely N-dealkylation sites (tertiary alicyclic amines) is 1. The lowest BCUT2D eigenvalue weighted by molar-refractivity contribution is -0.121. The van der Waals surface area contributed by atoms with E-state index in [2.05, 4.69) is 5.32 Å². The van der Waals surface area contributed by atoms with Gasteiger partial charge in [0.15, 0.2) is 0 Å². The van der Waals surface area contributed by atoms with Crippen LogP contribution in [0.5, 0.6) is 0 Å². The van der Waals surface area contributed by atoms with Gasteiger partial charge in [0.05, 0.1) is 5.92 Å². The molecule has 1 aliphatic heterocycles. The first-order valence-corrected chi connectivity index (χ1v) is 9.59. The van der Waals surface area contributed by atoms with Crippen molar-refractivity contribution in [3.05, 3.63) is 84.7 Å². The zero-order chi connectivity index (χ0) is 19.3. The molecule has 0 unspecified atom stereocenters. The maximum atomic E-state index is 12.9. The third-order valence-electron chi connectivity index (χ3n) is 5.14. The summed E-state index contributed by atoms with van der Waals surface area (Å²) in [5.74, 6) is -0.222. The number of rotatable bonds is 4. The fourth-order valence-corrected chi connectivity index (χ4v) is 3.61. The van der Waals surface area contributed by atoms with Crippen LogP contribution in [0.1, 0.15) is 23.2 Å². The monoisotopic (exact) mass is 373 g/mol. The molecule has 1 N–H and O–H groups in total. The van der Waals surface area contributed by atoms with E-state index in [9.17, 15) is 9.59 Å². The molecular weight excluding hydrogens is 350 g/mol. The smallest absolute Gasteiger partial charge is 0.253 e. The Kier molecular flexibility index (Phi) is 5.24. The highest BCUT2D eigenvalue weighted by Gasteiger charge is 2.29. The molecular formula is C23H23N3O2. The minimum atomic E-state index is -0.183. The Morgan fingerprint density at radius 2 is 1.61 bits per heavy atom. The molecule has 142 valence electrons. The summed E-state index contributed by atoms with van der Waals surface area (Å²) in [5.41, 5.74) is 2.46. The van der Waals surface area contributed by atoms with Crippen LogP contribution in [0.25, 0.3) is 5.69 Å². The van der Waals surface area contributed by atoms with Crippen molar-refractivity contribution in [2.75, 3.05) is 18.4 Å². The largest absolute Gasteiger partial charge is 0.338 e. The molecule has 1 aromatic heterocycles. The molecule has 1 saturated heterocycles. The molecule has 0 saturated carbocycles. The van der Waals surface area contributed by atoms with E-state index in [0.717, 1.165) is 24.2 Å². The summed E-state index contributed by atoms with van der Waals surface area (Å²) in [6.45, 7) is 1.14. The van der Waals surface area contributed by atoms with Crippen LogP contribution in [0.3, 0.4) is 0 Å². The molecule has 3 aromatic rings. The number of carbonyl (C=O) groups excluding carboxylic acids is 2. The van der Waals surface area contributed by atoms with Gasteiger partial charge in [-0.05, 0) is 61.4 Å². The predicted octanol–water partition coefficient (Wildman–Crippen LogP) is 3.97. The van der Waals surface area contributed by atoms with Gasteiger partial charge in [-0.1, -0.05) is 18.2 Å². The predicted molar refractivity (Wildman–Crippen MR) is 109 cm³/mol. The molecule has 2 aromatic carbocycles. The standard InChI is InChI=1S/C23H23N3O2/c27-22(24-20-8-2-1-3-9-20)19-7-6-16-26(17-19)23(28)18-10-12-21(13-11-18)25-14-4-5-15-25/h1-5,8-15,19H,6-7,16-17H2,(H,24,27)/t19-/m0/s1. The average molecular weight is 373 g/mol. The van der Waals surface area contributed by atoms with Crippen LogP contribution >= 0.6 is 0 Å². The SMILES string of the molecule is O=C(Nc1ccccc1)[C@H]1CCCN(C(=O)c2ccc(-n3cccc3)cc2)C1. The van der Waals surface area contributed by atoms with Crippen LogP contribution in [0.15, 0.2) is 79.1 Å². The molecule has 4 rings (SSSR count). The maximum absolute atomic E-state index is 12.9. The number of anilines is 1. The van der Waals surface area contributed by atoms with Gasteiger partial charge in [-0.2, -0.15) is 0 Å². The number of nitrogens with zero attached hydrogens (tertiary/aromatic N) is 2. The average Bonchev–Trinajstić information content (AvgIpc) is 3.29. The molecule has 2 amide bonds. The number of benzene rings is 2. The quantitative estimate of drug-likeness (QED) is 0.752. The Hall–Kier alpha value is -3.34. The van der Waals surface area contributed by atoms with Crippen molar-refractivity contribution in [1.29, 1.82) is 0 Å². The summed E-state index contributed by atoms with van der Waals surface area (Å²) in [5, 5.41) is 2.95. The van der Waals surface area contributed by atoms with Gasteiger partial charge in [0.25, 0.3) is 5.91 Å². The van der Waals surface area contributed by atoms with Gasteiger partial charge in [0.1, 0.15) is 0 Å². The second-order valence-electron chi connectivity index (χ2n) is 7.08. The van der Waals surface area contributed by atoms with Crippen molar-refractivity contribution >= 4 is 17.5 Å². The molecule has 1 atom stereocenters. The van der Waals surface area contributed by atoms with Gasteiger partial charge >= 0.3 is 0 Å². The number of hydrogen-bond donors (Lipinski definition) is 1. The Morgan fingerprint density at radius 3 is 2.32 bits per heavy atom. The second-order valence-corrected chi connectivity index (χ2v) is 7.08. The van der Waals surface area contributed by atoms with E-state index in [1.54, 1.807) is 4.90 Å². The first-order chi connectivity index (χ1) is 13.7. The van der Waals surface area contributed by atoms with Crippen LogP contribution in [-0.2, 0) is 4.79 Å². The van der Waals surface area contributed by atoms with Crippen LogP contribution in [0.4, 0.5) is 5.69 Å². The van der Waals surface area contributed by atoms with Crippen LogP contribution in [0.2, 0.25) is 0 Å². The fourth-order valence-electron chi connectivity index (χ4n) is 3.61. The van der Waals surface area contributed by atoms with Gasteiger partial charge in [-0.15, -0.1) is 0 Å². The summed E-state index contributed by atoms with van der Waals surface area (Å²) < 4.78 is 2.00. The van der Waals surface area contributed by atoms with Crippen LogP contribution < -0.4 is 5.32 Å². The second kappa shape index (κ2) is 8.13. The molecule has 5 heteroatoms. The van der Waals surface area contributed by atoms with Gasteiger partial charge in [0, 0.05) is 42.4 Å². The first kappa shape index (κ1) is 18.0. The number of aromatic nitrogens is 1. The van der Waals surface area contributed by atoms with Crippen LogP contribution in [0, 0.1) is 5.92 Å². The molecule has 0 aliphatic carbocycles. The first-order valence-electron chi connectivity index (χ1n) is 9.59. The highest BCUT2D eigenvalue weighted by Crippen LogP contribution is 2.21. The molecule has 0 bridgehead atoms. The zero-order valence-electron chi connectivity index (χ0n) is 15.6. The molecule has 0 spiro atoms. The molecule has 28 heavy (non-hydrogen) atoms. The molecule has 1 fully saturated rings. The maximum Gasteiger partial charge on any atom is 0.253 e. The topological polar surface area (TPSA) is 54.3 Å². The van der Waals surface area contributed by atoms with Crippen molar-refractivity contribution in [1.82, 2.24) is 9.47 Å². The number of amides is 2. The third kappa shape index (κ3) is 3.98. The Bertz CT molecular complexity index is 934. The Balaban J connectivity index is 1.41. The summed E-state index contributed by atoms with van der Waals surface area (Å²) in [7, 11) is 0. The van der Waals surface area contributed by atoms with Gasteiger partial charge in [-0.3, -0.25) is 9.59 Å². The summed E-state index contributed by atoms with van der Waals surface area (Å²) in [6.07, 6.45) is 5.57. The molecule has 1 aliphatic rings. The summed E-state index contributed by atoms with van der Waals surface area (Å²) in [4.78, 5) is 27.3. The molecule has 0 radical (unpaired) electrons. The van der Waals surface area contributed by atoms with E-state index in [-0.39, 0.29) is 17.7 Å². The zero-order valence-corrected chi connectivity index (χ0v) is 15.6. The molecule has 5 nitrogen and oxygen atoms in total. The van der Waals surface area contributed by atoms with Crippen LogP contribution in [-0.4, -0.2) is 34.4 Å². The number of piperidine rings is 1. The number of para-hydroxylation sites is 1. The van der Waals surface area contributed by atoms with E-state index in [1.807, 2.05) is 83.7 Å². The van der Waals surface area contributed by atoms with E-state index in [1.165, 1.54) is 0 Å². The lowest BCUT2D eigenvalue weighted by atomic mass is 9.96.